The summed E-state index contributed by atoms with van der Waals surface area (Å²) >= 11 is 0. The first kappa shape index (κ1) is 15.0. The highest BCUT2D eigenvalue weighted by Crippen LogP contribution is 2.24. The van der Waals surface area contributed by atoms with Gasteiger partial charge in [0.1, 0.15) is 11.9 Å². The molecule has 2 heterocycles. The predicted octanol–water partition coefficient (Wildman–Crippen LogP) is 2.90. The number of oxime groups is 1. The van der Waals surface area contributed by atoms with Gasteiger partial charge in [0.05, 0.1) is 12.3 Å². The summed E-state index contributed by atoms with van der Waals surface area (Å²) in [6.07, 6.45) is 8.83. The first-order chi connectivity index (χ1) is 9.76. The summed E-state index contributed by atoms with van der Waals surface area (Å²) < 4.78 is 13.5. The first-order valence-electron chi connectivity index (χ1n) is 7.23. The van der Waals surface area contributed by atoms with Crippen molar-refractivity contribution in [3.8, 4) is 0 Å². The van der Waals surface area contributed by atoms with Crippen LogP contribution >= 0.6 is 0 Å². The highest BCUT2D eigenvalue weighted by Gasteiger charge is 2.22. The molecule has 0 aliphatic carbocycles. The molecule has 0 aromatic carbocycles. The van der Waals surface area contributed by atoms with Crippen LogP contribution in [0.15, 0.2) is 17.5 Å². The Labute approximate surface area is 119 Å². The van der Waals surface area contributed by atoms with Gasteiger partial charge < -0.3 is 19.2 Å². The fourth-order valence-corrected chi connectivity index (χ4v) is 2.48. The van der Waals surface area contributed by atoms with Crippen molar-refractivity contribution in [3.63, 3.8) is 0 Å². The minimum Gasteiger partial charge on any atom is -0.411 e. The van der Waals surface area contributed by atoms with E-state index in [0.29, 0.717) is 0 Å². The molecule has 1 aliphatic heterocycles. The molecule has 0 radical (unpaired) electrons. The normalized spacial score (nSPS) is 23.0. The van der Waals surface area contributed by atoms with E-state index in [0.717, 1.165) is 38.1 Å². The molecule has 112 valence electrons. The van der Waals surface area contributed by atoms with E-state index >= 15 is 0 Å². The summed E-state index contributed by atoms with van der Waals surface area (Å²) in [4.78, 5) is 4.37. The molecule has 6 heteroatoms. The maximum absolute atomic E-state index is 8.74. The van der Waals surface area contributed by atoms with Crippen molar-refractivity contribution >= 4 is 6.21 Å². The van der Waals surface area contributed by atoms with Gasteiger partial charge in [0.25, 0.3) is 0 Å². The molecular weight excluding hydrogens is 258 g/mol. The van der Waals surface area contributed by atoms with Crippen LogP contribution in [0.25, 0.3) is 0 Å². The van der Waals surface area contributed by atoms with Gasteiger partial charge in [0.2, 0.25) is 0 Å². The van der Waals surface area contributed by atoms with Crippen LogP contribution in [0, 0.1) is 0 Å². The van der Waals surface area contributed by atoms with E-state index in [1.165, 1.54) is 6.21 Å². The van der Waals surface area contributed by atoms with E-state index in [1.54, 1.807) is 6.20 Å². The van der Waals surface area contributed by atoms with Gasteiger partial charge in [-0.1, -0.05) is 12.1 Å². The molecule has 0 saturated carbocycles. The Bertz CT molecular complexity index is 427. The average Bonchev–Trinajstić information content (AvgIpc) is 2.95. The average molecular weight is 281 g/mol. The number of aromatic nitrogens is 2. The van der Waals surface area contributed by atoms with E-state index < -0.39 is 0 Å². The maximum atomic E-state index is 8.74. The summed E-state index contributed by atoms with van der Waals surface area (Å²) in [7, 11) is 0. The summed E-state index contributed by atoms with van der Waals surface area (Å²) in [5.41, 5.74) is 0. The third-order valence-electron chi connectivity index (χ3n) is 3.57. The molecule has 20 heavy (non-hydrogen) atoms. The fraction of sp³-hybridized carbons (Fsp3) is 0.714. The fourth-order valence-electron chi connectivity index (χ4n) is 2.48. The van der Waals surface area contributed by atoms with Crippen LogP contribution in [0.4, 0.5) is 0 Å². The molecule has 0 amide bonds. The zero-order valence-corrected chi connectivity index (χ0v) is 12.1. The third kappa shape index (κ3) is 3.58. The van der Waals surface area contributed by atoms with Crippen LogP contribution in [0.1, 0.15) is 57.5 Å². The minimum atomic E-state index is -0.158. The van der Waals surface area contributed by atoms with E-state index in [4.69, 9.17) is 14.7 Å². The standard InChI is InChI=1S/C14H23N3O3/c1-3-12(10-16-18)17-8-7-15-14(17)11(2)20-13-6-4-5-9-19-13/h7-8,10-13,18H,3-6,9H2,1-2H3/b16-10+/t11-,12+,13?/m0/s1. The van der Waals surface area contributed by atoms with E-state index in [1.807, 2.05) is 24.6 Å². The lowest BCUT2D eigenvalue weighted by Crippen LogP contribution is -2.25. The number of ether oxygens (including phenoxy) is 2. The number of nitrogens with zero attached hydrogens (tertiary/aromatic N) is 3. The van der Waals surface area contributed by atoms with Gasteiger partial charge in [-0.25, -0.2) is 4.98 Å². The van der Waals surface area contributed by atoms with E-state index in [-0.39, 0.29) is 18.4 Å². The second-order valence-corrected chi connectivity index (χ2v) is 5.01. The smallest absolute Gasteiger partial charge is 0.158 e. The highest BCUT2D eigenvalue weighted by molar-refractivity contribution is 5.61. The molecule has 2 rings (SSSR count). The van der Waals surface area contributed by atoms with Crippen LogP contribution in [-0.4, -0.2) is 33.9 Å². The molecule has 6 nitrogen and oxygen atoms in total. The van der Waals surface area contributed by atoms with Crippen molar-refractivity contribution in [1.29, 1.82) is 0 Å². The number of hydrogen-bond donors (Lipinski definition) is 1. The Morgan fingerprint density at radius 2 is 2.50 bits per heavy atom. The quantitative estimate of drug-likeness (QED) is 0.494. The van der Waals surface area contributed by atoms with Crippen molar-refractivity contribution in [2.24, 2.45) is 5.16 Å². The number of imidazole rings is 1. The molecule has 1 saturated heterocycles. The summed E-state index contributed by atoms with van der Waals surface area (Å²) in [6, 6.07) is -0.0178. The van der Waals surface area contributed by atoms with E-state index in [9.17, 15) is 0 Å². The predicted molar refractivity (Wildman–Crippen MR) is 74.9 cm³/mol. The van der Waals surface area contributed by atoms with Crippen LogP contribution in [-0.2, 0) is 9.47 Å². The molecule has 1 fully saturated rings. The topological polar surface area (TPSA) is 68.9 Å². The van der Waals surface area contributed by atoms with Crippen LogP contribution in [0.3, 0.4) is 0 Å². The van der Waals surface area contributed by atoms with Crippen molar-refractivity contribution in [1.82, 2.24) is 9.55 Å². The summed E-state index contributed by atoms with van der Waals surface area (Å²) in [6.45, 7) is 4.77. The second kappa shape index (κ2) is 7.40. The Kier molecular flexibility index (Phi) is 5.55. The number of hydrogen-bond acceptors (Lipinski definition) is 5. The van der Waals surface area contributed by atoms with Gasteiger partial charge in [-0.15, -0.1) is 0 Å². The monoisotopic (exact) mass is 281 g/mol. The largest absolute Gasteiger partial charge is 0.411 e. The summed E-state index contributed by atoms with van der Waals surface area (Å²) in [5.74, 6) is 0.825. The lowest BCUT2D eigenvalue weighted by Gasteiger charge is -2.26. The molecule has 1 N–H and O–H groups in total. The molecule has 0 spiro atoms. The third-order valence-corrected chi connectivity index (χ3v) is 3.57. The van der Waals surface area contributed by atoms with Crippen LogP contribution in [0.2, 0.25) is 0 Å². The molecule has 1 aliphatic rings. The SMILES string of the molecule is CC[C@H](/C=N/O)n1ccnc1[C@H](C)OC1CCCCO1. The zero-order valence-electron chi connectivity index (χ0n) is 12.1. The van der Waals surface area contributed by atoms with E-state index in [2.05, 4.69) is 10.1 Å². The van der Waals surface area contributed by atoms with Crippen molar-refractivity contribution in [2.45, 2.75) is 58.0 Å². The lowest BCUT2D eigenvalue weighted by molar-refractivity contribution is -0.188. The van der Waals surface area contributed by atoms with Gasteiger partial charge >= 0.3 is 0 Å². The molecule has 1 aromatic heterocycles. The maximum Gasteiger partial charge on any atom is 0.158 e. The van der Waals surface area contributed by atoms with Gasteiger partial charge in [0.15, 0.2) is 6.29 Å². The molecule has 1 unspecified atom stereocenters. The van der Waals surface area contributed by atoms with Crippen LogP contribution in [0.5, 0.6) is 0 Å². The van der Waals surface area contributed by atoms with Crippen molar-refractivity contribution in [3.05, 3.63) is 18.2 Å². The molecule has 0 bridgehead atoms. The van der Waals surface area contributed by atoms with Gasteiger partial charge in [-0.3, -0.25) is 0 Å². The van der Waals surface area contributed by atoms with Crippen LogP contribution < -0.4 is 0 Å². The Morgan fingerprint density at radius 1 is 1.65 bits per heavy atom. The number of rotatable bonds is 6. The van der Waals surface area contributed by atoms with Gasteiger partial charge in [0, 0.05) is 19.0 Å². The Balaban J connectivity index is 2.05. The lowest BCUT2D eigenvalue weighted by atomic mass is 10.2. The van der Waals surface area contributed by atoms with Gasteiger partial charge in [-0.05, 0) is 32.6 Å². The summed E-state index contributed by atoms with van der Waals surface area (Å²) in [5, 5.41) is 11.9. The Hall–Kier alpha value is -1.40. The highest BCUT2D eigenvalue weighted by atomic mass is 16.7. The second-order valence-electron chi connectivity index (χ2n) is 5.01. The molecule has 3 atom stereocenters. The molecule has 1 aromatic rings. The minimum absolute atomic E-state index is 0.0178. The van der Waals surface area contributed by atoms with Gasteiger partial charge in [-0.2, -0.15) is 0 Å². The van der Waals surface area contributed by atoms with Crippen molar-refractivity contribution < 1.29 is 14.7 Å². The first-order valence-corrected chi connectivity index (χ1v) is 7.23. The molecular formula is C14H23N3O3. The Morgan fingerprint density at radius 3 is 3.15 bits per heavy atom. The zero-order chi connectivity index (χ0) is 14.4. The van der Waals surface area contributed by atoms with Crippen molar-refractivity contribution in [2.75, 3.05) is 6.61 Å².